The lowest BCUT2D eigenvalue weighted by molar-refractivity contribution is 0.0955. The van der Waals surface area contributed by atoms with Gasteiger partial charge in [0.25, 0.3) is 5.91 Å². The molecule has 3 rings (SSSR count). The summed E-state index contributed by atoms with van der Waals surface area (Å²) in [5.74, 6) is 0.489. The highest BCUT2D eigenvalue weighted by Crippen LogP contribution is 2.32. The molecule has 0 unspecified atom stereocenters. The van der Waals surface area contributed by atoms with Gasteiger partial charge in [0.1, 0.15) is 0 Å². The maximum atomic E-state index is 12.1. The van der Waals surface area contributed by atoms with Crippen LogP contribution in [0.2, 0.25) is 0 Å². The SMILES string of the molecule is O=C(NCCS(=O)(=O)Nc1ccccc1)c1ccc2c(c1)OCO2. The van der Waals surface area contributed by atoms with Crippen LogP contribution in [-0.4, -0.2) is 33.4 Å². The monoisotopic (exact) mass is 348 g/mol. The molecule has 0 bridgehead atoms. The average molecular weight is 348 g/mol. The molecule has 126 valence electrons. The molecule has 2 aromatic carbocycles. The van der Waals surface area contributed by atoms with Gasteiger partial charge in [-0.15, -0.1) is 0 Å². The van der Waals surface area contributed by atoms with Gasteiger partial charge in [-0.05, 0) is 30.3 Å². The fraction of sp³-hybridized carbons (Fsp3) is 0.188. The molecule has 1 aliphatic rings. The molecule has 1 heterocycles. The van der Waals surface area contributed by atoms with Gasteiger partial charge in [-0.1, -0.05) is 18.2 Å². The third-order valence-corrected chi connectivity index (χ3v) is 4.63. The van der Waals surface area contributed by atoms with Crippen molar-refractivity contribution in [3.05, 3.63) is 54.1 Å². The molecule has 0 saturated heterocycles. The quantitative estimate of drug-likeness (QED) is 0.827. The molecular weight excluding hydrogens is 332 g/mol. The lowest BCUT2D eigenvalue weighted by Crippen LogP contribution is -2.31. The van der Waals surface area contributed by atoms with Gasteiger partial charge in [-0.25, -0.2) is 8.42 Å². The molecule has 7 nitrogen and oxygen atoms in total. The van der Waals surface area contributed by atoms with Gasteiger partial charge in [0.15, 0.2) is 11.5 Å². The molecule has 8 heteroatoms. The van der Waals surface area contributed by atoms with Crippen LogP contribution in [0.25, 0.3) is 0 Å². The summed E-state index contributed by atoms with van der Waals surface area (Å²) >= 11 is 0. The van der Waals surface area contributed by atoms with Crippen LogP contribution in [-0.2, 0) is 10.0 Å². The lowest BCUT2D eigenvalue weighted by Gasteiger charge is -2.09. The minimum atomic E-state index is -3.53. The summed E-state index contributed by atoms with van der Waals surface area (Å²) in [6, 6.07) is 13.4. The normalized spacial score (nSPS) is 12.7. The summed E-state index contributed by atoms with van der Waals surface area (Å²) in [4.78, 5) is 12.1. The van der Waals surface area contributed by atoms with E-state index in [-0.39, 0.29) is 25.0 Å². The van der Waals surface area contributed by atoms with Crippen molar-refractivity contribution in [2.24, 2.45) is 0 Å². The Balaban J connectivity index is 1.53. The Kier molecular flexibility index (Phi) is 4.57. The van der Waals surface area contributed by atoms with Crippen molar-refractivity contribution in [2.45, 2.75) is 0 Å². The third kappa shape index (κ3) is 3.96. The fourth-order valence-corrected chi connectivity index (χ4v) is 3.14. The van der Waals surface area contributed by atoms with Crippen LogP contribution in [0.5, 0.6) is 11.5 Å². The average Bonchev–Trinajstić information content (AvgIpc) is 3.02. The second kappa shape index (κ2) is 6.79. The second-order valence-electron chi connectivity index (χ2n) is 5.11. The maximum Gasteiger partial charge on any atom is 0.251 e. The van der Waals surface area contributed by atoms with Gasteiger partial charge in [-0.2, -0.15) is 0 Å². The van der Waals surface area contributed by atoms with Gasteiger partial charge in [0.05, 0.1) is 5.75 Å². The Hall–Kier alpha value is -2.74. The van der Waals surface area contributed by atoms with Gasteiger partial charge < -0.3 is 14.8 Å². The summed E-state index contributed by atoms with van der Waals surface area (Å²) in [6.45, 7) is 0.124. The molecule has 1 amide bonds. The van der Waals surface area contributed by atoms with Crippen LogP contribution in [0.1, 0.15) is 10.4 Å². The number of anilines is 1. The van der Waals surface area contributed by atoms with E-state index in [0.29, 0.717) is 22.7 Å². The third-order valence-electron chi connectivity index (χ3n) is 3.34. The first kappa shape index (κ1) is 16.1. The van der Waals surface area contributed by atoms with Crippen molar-refractivity contribution < 1.29 is 22.7 Å². The number of fused-ring (bicyclic) bond motifs is 1. The van der Waals surface area contributed by atoms with Crippen LogP contribution in [0, 0.1) is 0 Å². The largest absolute Gasteiger partial charge is 0.454 e. The number of hydrogen-bond acceptors (Lipinski definition) is 5. The Morgan fingerprint density at radius 2 is 1.79 bits per heavy atom. The molecule has 0 aliphatic carbocycles. The van der Waals surface area contributed by atoms with Crippen molar-refractivity contribution in [1.29, 1.82) is 0 Å². The number of nitrogens with one attached hydrogen (secondary N) is 2. The standard InChI is InChI=1S/C16H16N2O5S/c19-16(12-6-7-14-15(10-12)23-11-22-14)17-8-9-24(20,21)18-13-4-2-1-3-5-13/h1-7,10,18H,8-9,11H2,(H,17,19). The van der Waals surface area contributed by atoms with Crippen molar-refractivity contribution in [1.82, 2.24) is 5.32 Å². The topological polar surface area (TPSA) is 93.7 Å². The van der Waals surface area contributed by atoms with Crippen LogP contribution >= 0.6 is 0 Å². The predicted octanol–water partition coefficient (Wildman–Crippen LogP) is 1.59. The summed E-state index contributed by atoms with van der Waals surface area (Å²) in [6.07, 6.45) is 0. The zero-order chi connectivity index (χ0) is 17.0. The minimum absolute atomic E-state index is 0.00452. The van der Waals surface area contributed by atoms with Crippen LogP contribution in [0.15, 0.2) is 48.5 Å². The lowest BCUT2D eigenvalue weighted by atomic mass is 10.2. The minimum Gasteiger partial charge on any atom is -0.454 e. The number of carbonyl (C=O) groups excluding carboxylic acids is 1. The Morgan fingerprint density at radius 3 is 2.58 bits per heavy atom. The smallest absolute Gasteiger partial charge is 0.251 e. The van der Waals surface area contributed by atoms with Crippen LogP contribution in [0.3, 0.4) is 0 Å². The first-order chi connectivity index (χ1) is 11.5. The molecule has 24 heavy (non-hydrogen) atoms. The first-order valence-corrected chi connectivity index (χ1v) is 8.92. The van der Waals surface area contributed by atoms with Crippen molar-refractivity contribution in [2.75, 3.05) is 23.8 Å². The Bertz CT molecular complexity index is 837. The number of para-hydroxylation sites is 1. The van der Waals surface area contributed by atoms with Gasteiger partial charge in [-0.3, -0.25) is 9.52 Å². The van der Waals surface area contributed by atoms with Crippen molar-refractivity contribution in [3.63, 3.8) is 0 Å². The van der Waals surface area contributed by atoms with Gasteiger partial charge in [0, 0.05) is 17.8 Å². The van der Waals surface area contributed by atoms with Crippen LogP contribution in [0.4, 0.5) is 5.69 Å². The van der Waals surface area contributed by atoms with E-state index in [1.165, 1.54) is 0 Å². The van der Waals surface area contributed by atoms with Gasteiger partial charge in [0.2, 0.25) is 16.8 Å². The molecule has 0 atom stereocenters. The molecule has 0 saturated carbocycles. The highest BCUT2D eigenvalue weighted by atomic mass is 32.2. The molecule has 2 aromatic rings. The fourth-order valence-electron chi connectivity index (χ4n) is 2.18. The van der Waals surface area contributed by atoms with E-state index >= 15 is 0 Å². The molecule has 2 N–H and O–H groups in total. The number of amides is 1. The Labute approximate surface area is 139 Å². The number of hydrogen-bond donors (Lipinski definition) is 2. The zero-order valence-electron chi connectivity index (χ0n) is 12.7. The van der Waals surface area contributed by atoms with Crippen LogP contribution < -0.4 is 19.5 Å². The second-order valence-corrected chi connectivity index (χ2v) is 6.95. The number of ether oxygens (including phenoxy) is 2. The summed E-state index contributed by atoms with van der Waals surface area (Å²) in [5, 5.41) is 2.58. The number of carbonyl (C=O) groups is 1. The molecule has 0 spiro atoms. The number of rotatable bonds is 6. The summed E-state index contributed by atoms with van der Waals surface area (Å²) in [5.41, 5.74) is 0.868. The van der Waals surface area contributed by atoms with E-state index in [2.05, 4.69) is 10.0 Å². The van der Waals surface area contributed by atoms with E-state index in [0.717, 1.165) is 0 Å². The Morgan fingerprint density at radius 1 is 1.04 bits per heavy atom. The molecule has 1 aliphatic heterocycles. The van der Waals surface area contributed by atoms with E-state index < -0.39 is 10.0 Å². The first-order valence-electron chi connectivity index (χ1n) is 7.27. The number of benzene rings is 2. The summed E-state index contributed by atoms with van der Waals surface area (Å²) < 4.78 is 36.8. The van der Waals surface area contributed by atoms with E-state index in [9.17, 15) is 13.2 Å². The highest BCUT2D eigenvalue weighted by molar-refractivity contribution is 7.92. The number of sulfonamides is 1. The maximum absolute atomic E-state index is 12.1. The van der Waals surface area contributed by atoms with Crippen molar-refractivity contribution >= 4 is 21.6 Å². The van der Waals surface area contributed by atoms with Crippen molar-refractivity contribution in [3.8, 4) is 11.5 Å². The molecule has 0 radical (unpaired) electrons. The predicted molar refractivity (Wildman–Crippen MR) is 88.7 cm³/mol. The van der Waals surface area contributed by atoms with E-state index in [1.807, 2.05) is 0 Å². The van der Waals surface area contributed by atoms with E-state index in [1.54, 1.807) is 48.5 Å². The molecule has 0 aromatic heterocycles. The summed E-state index contributed by atoms with van der Waals surface area (Å²) in [7, 11) is -3.53. The molecule has 0 fully saturated rings. The molecular formula is C16H16N2O5S. The van der Waals surface area contributed by atoms with E-state index in [4.69, 9.17) is 9.47 Å². The zero-order valence-corrected chi connectivity index (χ0v) is 13.5. The highest BCUT2D eigenvalue weighted by Gasteiger charge is 2.17. The van der Waals surface area contributed by atoms with Gasteiger partial charge >= 0.3 is 0 Å².